The van der Waals surface area contributed by atoms with Crippen molar-refractivity contribution in [1.29, 1.82) is 0 Å². The molecule has 3 nitrogen and oxygen atoms in total. The summed E-state index contributed by atoms with van der Waals surface area (Å²) in [7, 11) is -2.86. The van der Waals surface area contributed by atoms with Gasteiger partial charge in [0.25, 0.3) is 0 Å². The van der Waals surface area contributed by atoms with Crippen LogP contribution in [0.25, 0.3) is 0 Å². The minimum Gasteiger partial charge on any atom is -0.329 e. The molecule has 1 fully saturated rings. The fraction of sp³-hybridized carbons (Fsp3) is 1.00. The number of rotatable bonds is 1. The fourth-order valence-electron chi connectivity index (χ4n) is 1.27. The van der Waals surface area contributed by atoms with Crippen LogP contribution in [0.3, 0.4) is 0 Å². The van der Waals surface area contributed by atoms with E-state index >= 15 is 0 Å². The molecule has 10 heavy (non-hydrogen) atoms. The molecule has 1 heterocycles. The van der Waals surface area contributed by atoms with Crippen molar-refractivity contribution in [2.24, 2.45) is 5.73 Å². The standard InChI is InChI=1S/C6H13NO2S/c1-6(5-7)3-2-4-10(6,8)9/h2-5,7H2,1H3. The molecule has 1 atom stereocenters. The van der Waals surface area contributed by atoms with E-state index in [1.54, 1.807) is 6.92 Å². The van der Waals surface area contributed by atoms with Crippen LogP contribution in [0.4, 0.5) is 0 Å². The van der Waals surface area contributed by atoms with Crippen molar-refractivity contribution in [2.45, 2.75) is 24.5 Å². The van der Waals surface area contributed by atoms with Gasteiger partial charge in [0.1, 0.15) is 0 Å². The fourth-order valence-corrected chi connectivity index (χ4v) is 2.99. The second-order valence-corrected chi connectivity index (χ2v) is 5.70. The Hall–Kier alpha value is -0.0900. The Bertz CT molecular complexity index is 222. The van der Waals surface area contributed by atoms with Crippen molar-refractivity contribution >= 4 is 9.84 Å². The number of hydrogen-bond donors (Lipinski definition) is 1. The summed E-state index contributed by atoms with van der Waals surface area (Å²) in [5.74, 6) is 0.320. The summed E-state index contributed by atoms with van der Waals surface area (Å²) in [5.41, 5.74) is 5.36. The highest BCUT2D eigenvalue weighted by atomic mass is 32.2. The lowest BCUT2D eigenvalue weighted by molar-refractivity contribution is 0.541. The first-order chi connectivity index (χ1) is 4.52. The monoisotopic (exact) mass is 163 g/mol. The van der Waals surface area contributed by atoms with E-state index in [-0.39, 0.29) is 6.54 Å². The maximum Gasteiger partial charge on any atom is 0.156 e. The normalized spacial score (nSPS) is 38.2. The van der Waals surface area contributed by atoms with E-state index < -0.39 is 14.6 Å². The van der Waals surface area contributed by atoms with E-state index in [1.165, 1.54) is 0 Å². The van der Waals surface area contributed by atoms with Crippen LogP contribution in [0, 0.1) is 0 Å². The number of hydrogen-bond acceptors (Lipinski definition) is 3. The number of nitrogens with two attached hydrogens (primary N) is 1. The largest absolute Gasteiger partial charge is 0.329 e. The summed E-state index contributed by atoms with van der Waals surface area (Å²) in [6.07, 6.45) is 1.50. The van der Waals surface area contributed by atoms with Crippen LogP contribution >= 0.6 is 0 Å². The zero-order valence-corrected chi connectivity index (χ0v) is 6.95. The molecule has 0 radical (unpaired) electrons. The van der Waals surface area contributed by atoms with E-state index in [2.05, 4.69) is 0 Å². The molecular weight excluding hydrogens is 150 g/mol. The Morgan fingerprint density at radius 3 is 2.40 bits per heavy atom. The van der Waals surface area contributed by atoms with Crippen LogP contribution in [-0.4, -0.2) is 25.5 Å². The van der Waals surface area contributed by atoms with Crippen molar-refractivity contribution in [3.8, 4) is 0 Å². The van der Waals surface area contributed by atoms with Crippen molar-refractivity contribution in [1.82, 2.24) is 0 Å². The van der Waals surface area contributed by atoms with Crippen LogP contribution in [0.2, 0.25) is 0 Å². The van der Waals surface area contributed by atoms with Crippen LogP contribution < -0.4 is 5.73 Å². The molecule has 0 aromatic carbocycles. The van der Waals surface area contributed by atoms with Gasteiger partial charge in [0.15, 0.2) is 9.84 Å². The Balaban J connectivity index is 2.98. The smallest absolute Gasteiger partial charge is 0.156 e. The first kappa shape index (κ1) is 8.01. The van der Waals surface area contributed by atoms with Crippen LogP contribution in [0.5, 0.6) is 0 Å². The van der Waals surface area contributed by atoms with Crippen LogP contribution in [0.1, 0.15) is 19.8 Å². The summed E-state index contributed by atoms with van der Waals surface area (Å²) < 4.78 is 21.9. The summed E-state index contributed by atoms with van der Waals surface area (Å²) in [6, 6.07) is 0. The quantitative estimate of drug-likeness (QED) is 0.588. The third-order valence-corrected chi connectivity index (χ3v) is 5.00. The van der Waals surface area contributed by atoms with E-state index in [0.717, 1.165) is 12.8 Å². The Morgan fingerprint density at radius 2 is 2.20 bits per heavy atom. The van der Waals surface area contributed by atoms with Gasteiger partial charge in [0, 0.05) is 6.54 Å². The lowest BCUT2D eigenvalue weighted by Gasteiger charge is -2.19. The molecule has 1 unspecified atom stereocenters. The van der Waals surface area contributed by atoms with E-state index in [4.69, 9.17) is 5.73 Å². The Labute approximate surface area is 61.5 Å². The SMILES string of the molecule is CC1(CN)CCCS1(=O)=O. The summed E-state index contributed by atoms with van der Waals surface area (Å²) in [5, 5.41) is 0. The molecule has 2 N–H and O–H groups in total. The third kappa shape index (κ3) is 0.953. The predicted octanol–water partition coefficient (Wildman–Crippen LogP) is -0.0876. The number of sulfone groups is 1. The van der Waals surface area contributed by atoms with Gasteiger partial charge in [-0.3, -0.25) is 0 Å². The Morgan fingerprint density at radius 1 is 1.60 bits per heavy atom. The van der Waals surface area contributed by atoms with E-state index in [1.807, 2.05) is 0 Å². The van der Waals surface area contributed by atoms with Gasteiger partial charge < -0.3 is 5.73 Å². The van der Waals surface area contributed by atoms with Gasteiger partial charge in [-0.05, 0) is 19.8 Å². The summed E-state index contributed by atoms with van der Waals surface area (Å²) in [4.78, 5) is 0. The highest BCUT2D eigenvalue weighted by Gasteiger charge is 2.41. The topological polar surface area (TPSA) is 60.2 Å². The zero-order valence-electron chi connectivity index (χ0n) is 6.13. The zero-order chi connectivity index (χ0) is 7.83. The molecule has 1 saturated heterocycles. The van der Waals surface area contributed by atoms with Crippen molar-refractivity contribution < 1.29 is 8.42 Å². The highest BCUT2D eigenvalue weighted by Crippen LogP contribution is 2.30. The van der Waals surface area contributed by atoms with Crippen LogP contribution in [0.15, 0.2) is 0 Å². The molecule has 0 aromatic heterocycles. The van der Waals surface area contributed by atoms with Gasteiger partial charge in [0.05, 0.1) is 10.5 Å². The third-order valence-electron chi connectivity index (χ3n) is 2.30. The molecule has 1 aliphatic rings. The molecule has 0 aliphatic carbocycles. The van der Waals surface area contributed by atoms with Gasteiger partial charge in [-0.15, -0.1) is 0 Å². The maximum atomic E-state index is 11.2. The van der Waals surface area contributed by atoms with Crippen molar-refractivity contribution in [3.63, 3.8) is 0 Å². The van der Waals surface area contributed by atoms with Crippen molar-refractivity contribution in [2.75, 3.05) is 12.3 Å². The van der Waals surface area contributed by atoms with E-state index in [9.17, 15) is 8.42 Å². The Kier molecular flexibility index (Phi) is 1.76. The second-order valence-electron chi connectivity index (χ2n) is 3.08. The molecule has 4 heteroatoms. The van der Waals surface area contributed by atoms with Crippen LogP contribution in [-0.2, 0) is 9.84 Å². The molecule has 1 rings (SSSR count). The average molecular weight is 163 g/mol. The predicted molar refractivity (Wildman–Crippen MR) is 40.5 cm³/mol. The minimum atomic E-state index is -2.86. The van der Waals surface area contributed by atoms with Gasteiger partial charge in [-0.2, -0.15) is 0 Å². The minimum absolute atomic E-state index is 0.259. The second kappa shape index (κ2) is 2.20. The molecular formula is C6H13NO2S. The first-order valence-corrected chi connectivity index (χ1v) is 5.09. The van der Waals surface area contributed by atoms with Gasteiger partial charge >= 0.3 is 0 Å². The molecule has 0 spiro atoms. The highest BCUT2D eigenvalue weighted by molar-refractivity contribution is 7.93. The van der Waals surface area contributed by atoms with Gasteiger partial charge in [-0.1, -0.05) is 0 Å². The molecule has 60 valence electrons. The molecule has 0 saturated carbocycles. The van der Waals surface area contributed by atoms with E-state index in [0.29, 0.717) is 5.75 Å². The van der Waals surface area contributed by atoms with Gasteiger partial charge in [0.2, 0.25) is 0 Å². The lowest BCUT2D eigenvalue weighted by Crippen LogP contribution is -2.38. The molecule has 0 aromatic rings. The molecule has 1 aliphatic heterocycles. The first-order valence-electron chi connectivity index (χ1n) is 3.44. The lowest BCUT2D eigenvalue weighted by atomic mass is 10.1. The molecule has 0 amide bonds. The average Bonchev–Trinajstić information content (AvgIpc) is 2.10. The summed E-state index contributed by atoms with van der Waals surface area (Å²) in [6.45, 7) is 1.99. The van der Waals surface area contributed by atoms with Crippen molar-refractivity contribution in [3.05, 3.63) is 0 Å². The molecule has 0 bridgehead atoms. The maximum absolute atomic E-state index is 11.2. The summed E-state index contributed by atoms with van der Waals surface area (Å²) >= 11 is 0. The van der Waals surface area contributed by atoms with Gasteiger partial charge in [-0.25, -0.2) is 8.42 Å².